The number of carbonyl (C=O) groups is 1. The van der Waals surface area contributed by atoms with Crippen LogP contribution in [0.1, 0.15) is 45.6 Å². The molecule has 1 atom stereocenters. The molecular formula is C31H31Cl2N3O4S. The van der Waals surface area contributed by atoms with Crippen LogP contribution >= 0.6 is 23.2 Å². The van der Waals surface area contributed by atoms with Crippen molar-refractivity contribution in [3.63, 3.8) is 0 Å². The van der Waals surface area contributed by atoms with Gasteiger partial charge in [-0.2, -0.15) is 0 Å². The van der Waals surface area contributed by atoms with E-state index >= 15 is 0 Å². The van der Waals surface area contributed by atoms with Gasteiger partial charge in [-0.25, -0.2) is 13.4 Å². The molecule has 7 nitrogen and oxygen atoms in total. The second-order valence-corrected chi connectivity index (χ2v) is 13.0. The first kappa shape index (κ1) is 29.3. The van der Waals surface area contributed by atoms with Crippen LogP contribution < -0.4 is 0 Å². The van der Waals surface area contributed by atoms with E-state index in [9.17, 15) is 13.2 Å². The summed E-state index contributed by atoms with van der Waals surface area (Å²) in [5, 5.41) is 0.648. The number of amides is 1. The highest BCUT2D eigenvalue weighted by Crippen LogP contribution is 2.26. The Bertz CT molecular complexity index is 1630. The number of aromatic nitrogens is 2. The minimum atomic E-state index is -3.82. The molecule has 1 aliphatic heterocycles. The number of ether oxygens (including phenoxy) is 1. The third kappa shape index (κ3) is 7.01. The molecular weight excluding hydrogens is 581 g/mol. The minimum absolute atomic E-state index is 0.0337. The fourth-order valence-corrected chi connectivity index (χ4v) is 7.11. The highest BCUT2D eigenvalue weighted by Gasteiger charge is 2.29. The van der Waals surface area contributed by atoms with Crippen LogP contribution in [0.4, 0.5) is 0 Å². The molecule has 214 valence electrons. The first-order valence-electron chi connectivity index (χ1n) is 13.4. The molecule has 4 aromatic rings. The van der Waals surface area contributed by atoms with E-state index < -0.39 is 9.84 Å². The quantitative estimate of drug-likeness (QED) is 0.209. The molecule has 0 bridgehead atoms. The van der Waals surface area contributed by atoms with Crippen LogP contribution in [-0.4, -0.2) is 48.0 Å². The number of hydrogen-bond acceptors (Lipinski definition) is 5. The number of hydrogen-bond donors (Lipinski definition) is 0. The summed E-state index contributed by atoms with van der Waals surface area (Å²) in [6.45, 7) is 3.27. The summed E-state index contributed by atoms with van der Waals surface area (Å²) in [5.41, 5.74) is 3.43. The van der Waals surface area contributed by atoms with E-state index in [0.717, 1.165) is 29.5 Å². The lowest BCUT2D eigenvalue weighted by molar-refractivity contribution is 0.0502. The Morgan fingerprint density at radius 1 is 1.07 bits per heavy atom. The van der Waals surface area contributed by atoms with Crippen molar-refractivity contribution >= 4 is 38.9 Å². The number of sulfone groups is 1. The summed E-state index contributed by atoms with van der Waals surface area (Å²) in [7, 11) is -3.82. The Kier molecular flexibility index (Phi) is 9.14. The lowest BCUT2D eigenvalue weighted by Crippen LogP contribution is -2.37. The normalized spacial score (nSPS) is 15.2. The fraction of sp³-hybridized carbons (Fsp3) is 0.290. The molecule has 0 saturated carbocycles. The predicted molar refractivity (Wildman–Crippen MR) is 160 cm³/mol. The molecule has 1 aliphatic rings. The van der Waals surface area contributed by atoms with Gasteiger partial charge in [0.1, 0.15) is 0 Å². The lowest BCUT2D eigenvalue weighted by atomic mass is 10.1. The van der Waals surface area contributed by atoms with Gasteiger partial charge in [-0.05, 0) is 54.7 Å². The van der Waals surface area contributed by atoms with Crippen LogP contribution in [0.5, 0.6) is 0 Å². The number of imidazole rings is 1. The first-order chi connectivity index (χ1) is 19.7. The summed E-state index contributed by atoms with van der Waals surface area (Å²) in [6, 6.07) is 21.8. The molecule has 0 unspecified atom stereocenters. The fourth-order valence-electron chi connectivity index (χ4n) is 5.03. The number of aryl methyl sites for hydroxylation is 1. The van der Waals surface area contributed by atoms with Crippen molar-refractivity contribution in [2.75, 3.05) is 13.2 Å². The average Bonchev–Trinajstić information content (AvgIpc) is 3.60. The highest BCUT2D eigenvalue weighted by atomic mass is 35.5. The van der Waals surface area contributed by atoms with Crippen LogP contribution in [0, 0.1) is 6.92 Å². The van der Waals surface area contributed by atoms with Gasteiger partial charge in [-0.1, -0.05) is 77.8 Å². The minimum Gasteiger partial charge on any atom is -0.376 e. The van der Waals surface area contributed by atoms with Crippen LogP contribution in [0.3, 0.4) is 0 Å². The van der Waals surface area contributed by atoms with E-state index in [1.165, 1.54) is 6.07 Å². The largest absolute Gasteiger partial charge is 0.376 e. The van der Waals surface area contributed by atoms with Gasteiger partial charge in [0, 0.05) is 18.2 Å². The van der Waals surface area contributed by atoms with Gasteiger partial charge in [0.05, 0.1) is 47.4 Å². The topological polar surface area (TPSA) is 81.5 Å². The Morgan fingerprint density at radius 2 is 1.83 bits per heavy atom. The van der Waals surface area contributed by atoms with Crippen LogP contribution in [0.25, 0.3) is 0 Å². The number of nitrogens with zero attached hydrogens (tertiary/aromatic N) is 3. The van der Waals surface area contributed by atoms with Crippen molar-refractivity contribution in [2.45, 2.75) is 49.9 Å². The predicted octanol–water partition coefficient (Wildman–Crippen LogP) is 6.34. The smallest absolute Gasteiger partial charge is 0.255 e. The van der Waals surface area contributed by atoms with Crippen molar-refractivity contribution in [1.82, 2.24) is 14.5 Å². The van der Waals surface area contributed by atoms with Crippen LogP contribution in [0.2, 0.25) is 10.0 Å². The molecule has 1 saturated heterocycles. The number of halogens is 2. The van der Waals surface area contributed by atoms with Crippen LogP contribution in [-0.2, 0) is 33.4 Å². The Morgan fingerprint density at radius 3 is 2.54 bits per heavy atom. The second-order valence-electron chi connectivity index (χ2n) is 10.2. The summed E-state index contributed by atoms with van der Waals surface area (Å²) < 4.78 is 35.1. The maximum absolute atomic E-state index is 13.8. The van der Waals surface area contributed by atoms with Crippen molar-refractivity contribution < 1.29 is 17.9 Å². The van der Waals surface area contributed by atoms with E-state index in [1.54, 1.807) is 27.8 Å². The zero-order valence-corrected chi connectivity index (χ0v) is 25.0. The molecule has 1 fully saturated rings. The molecule has 1 amide bonds. The summed E-state index contributed by atoms with van der Waals surface area (Å²) >= 11 is 12.5. The maximum atomic E-state index is 13.8. The number of benzene rings is 3. The summed E-state index contributed by atoms with van der Waals surface area (Å²) in [6.07, 6.45) is 3.17. The molecule has 0 radical (unpaired) electrons. The van der Waals surface area contributed by atoms with E-state index in [-0.39, 0.29) is 41.0 Å². The van der Waals surface area contributed by atoms with Crippen molar-refractivity contribution in [2.24, 2.45) is 0 Å². The van der Waals surface area contributed by atoms with E-state index in [4.69, 9.17) is 27.9 Å². The molecule has 10 heteroatoms. The summed E-state index contributed by atoms with van der Waals surface area (Å²) in [4.78, 5) is 19.9. The molecule has 0 aliphatic carbocycles. The molecule has 41 heavy (non-hydrogen) atoms. The van der Waals surface area contributed by atoms with Gasteiger partial charge in [0.15, 0.2) is 0 Å². The first-order valence-corrected chi connectivity index (χ1v) is 15.8. The highest BCUT2D eigenvalue weighted by molar-refractivity contribution is 7.90. The van der Waals surface area contributed by atoms with Crippen LogP contribution in [0.15, 0.2) is 84.1 Å². The van der Waals surface area contributed by atoms with Crippen molar-refractivity contribution in [3.8, 4) is 0 Å². The van der Waals surface area contributed by atoms with E-state index in [2.05, 4.69) is 4.98 Å². The van der Waals surface area contributed by atoms with Gasteiger partial charge in [0.25, 0.3) is 5.91 Å². The monoisotopic (exact) mass is 611 g/mol. The lowest BCUT2D eigenvalue weighted by Gasteiger charge is -2.26. The zero-order chi connectivity index (χ0) is 29.0. The van der Waals surface area contributed by atoms with E-state index in [0.29, 0.717) is 29.4 Å². The second kappa shape index (κ2) is 12.8. The summed E-state index contributed by atoms with van der Waals surface area (Å²) in [5.74, 6) is -0.469. The average molecular weight is 613 g/mol. The Hall–Kier alpha value is -3.17. The molecule has 3 aromatic carbocycles. The Balaban J connectivity index is 1.53. The number of carbonyl (C=O) groups excluding carboxylic acids is 1. The molecule has 2 heterocycles. The standard InChI is InChI=1S/C31H31Cl2N3O4S/c1-22-8-5-6-11-24(22)21-41(38,39)31-34-17-26(36(31)18-23-9-3-2-4-10-23)19-35(20-27-12-7-15-40-27)30(37)28-14-13-25(32)16-29(28)33/h2-6,8-11,13-14,16-17,27H,7,12,15,18-21H2,1H3/t27-/m0/s1. The van der Waals surface area contributed by atoms with Crippen molar-refractivity contribution in [1.29, 1.82) is 0 Å². The molecule has 0 N–H and O–H groups in total. The van der Waals surface area contributed by atoms with E-state index in [1.807, 2.05) is 61.5 Å². The Labute approximate surface area is 250 Å². The van der Waals surface area contributed by atoms with Gasteiger partial charge in [0.2, 0.25) is 15.0 Å². The van der Waals surface area contributed by atoms with Gasteiger partial charge in [-0.3, -0.25) is 4.79 Å². The molecule has 5 rings (SSSR count). The van der Waals surface area contributed by atoms with Gasteiger partial charge < -0.3 is 14.2 Å². The maximum Gasteiger partial charge on any atom is 0.255 e. The molecule has 0 spiro atoms. The zero-order valence-electron chi connectivity index (χ0n) is 22.7. The van der Waals surface area contributed by atoms with Gasteiger partial charge >= 0.3 is 0 Å². The third-order valence-electron chi connectivity index (χ3n) is 7.22. The van der Waals surface area contributed by atoms with Gasteiger partial charge in [-0.15, -0.1) is 0 Å². The van der Waals surface area contributed by atoms with Crippen molar-refractivity contribution in [3.05, 3.63) is 117 Å². The number of rotatable bonds is 10. The molecule has 1 aromatic heterocycles. The third-order valence-corrected chi connectivity index (χ3v) is 9.34. The SMILES string of the molecule is Cc1ccccc1CS(=O)(=O)c1ncc(CN(C[C@@H]2CCCO2)C(=O)c2ccc(Cl)cc2Cl)n1Cc1ccccc1.